The van der Waals surface area contributed by atoms with Gasteiger partial charge in [0.05, 0.1) is 0 Å². The molecule has 4 heteroatoms. The fraction of sp³-hybridized carbons (Fsp3) is 0.143. The monoisotopic (exact) mass is 150 g/mol. The van der Waals surface area contributed by atoms with Crippen molar-refractivity contribution < 1.29 is 0 Å². The Labute approximate surface area is 65.0 Å². The second kappa shape index (κ2) is 3.68. The van der Waals surface area contributed by atoms with Gasteiger partial charge in [0.25, 0.3) is 0 Å². The molecule has 4 N–H and O–H groups in total. The highest BCUT2D eigenvalue weighted by Crippen LogP contribution is 1.98. The van der Waals surface area contributed by atoms with Crippen LogP contribution in [-0.4, -0.2) is 16.5 Å². The van der Waals surface area contributed by atoms with Crippen molar-refractivity contribution in [2.75, 3.05) is 12.3 Å². The lowest BCUT2D eigenvalue weighted by Gasteiger charge is -1.91. The quantitative estimate of drug-likeness (QED) is 0.623. The highest BCUT2D eigenvalue weighted by Gasteiger charge is 1.87. The second-order valence-corrected chi connectivity index (χ2v) is 2.01. The summed E-state index contributed by atoms with van der Waals surface area (Å²) in [6.45, 7) is 0.518. The molecule has 0 saturated heterocycles. The minimum absolute atomic E-state index is 0.287. The highest BCUT2D eigenvalue weighted by molar-refractivity contribution is 5.47. The Morgan fingerprint density at radius 2 is 2.00 bits per heavy atom. The fourth-order valence-corrected chi connectivity index (χ4v) is 0.638. The van der Waals surface area contributed by atoms with E-state index in [0.717, 1.165) is 5.56 Å². The van der Waals surface area contributed by atoms with Gasteiger partial charge in [-0.2, -0.15) is 0 Å². The molecule has 0 aromatic carbocycles. The van der Waals surface area contributed by atoms with Crippen molar-refractivity contribution in [1.82, 2.24) is 9.97 Å². The van der Waals surface area contributed by atoms with Crippen LogP contribution in [0.15, 0.2) is 18.5 Å². The lowest BCUT2D eigenvalue weighted by atomic mass is 10.3. The van der Waals surface area contributed by atoms with Crippen LogP contribution in [0.5, 0.6) is 0 Å². The lowest BCUT2D eigenvalue weighted by molar-refractivity contribution is 1.17. The molecule has 0 aliphatic heterocycles. The van der Waals surface area contributed by atoms with Gasteiger partial charge < -0.3 is 11.5 Å². The van der Waals surface area contributed by atoms with Crippen molar-refractivity contribution >= 4 is 12.0 Å². The van der Waals surface area contributed by atoms with Crippen molar-refractivity contribution in [3.05, 3.63) is 24.0 Å². The first-order valence-electron chi connectivity index (χ1n) is 3.27. The van der Waals surface area contributed by atoms with E-state index in [0.29, 0.717) is 6.54 Å². The van der Waals surface area contributed by atoms with Crippen LogP contribution in [0.25, 0.3) is 6.08 Å². The summed E-state index contributed by atoms with van der Waals surface area (Å²) in [6.07, 6.45) is 6.97. The molecule has 0 spiro atoms. The van der Waals surface area contributed by atoms with Crippen LogP contribution in [0.4, 0.5) is 5.95 Å². The first-order chi connectivity index (χ1) is 5.33. The van der Waals surface area contributed by atoms with Crippen LogP contribution in [0, 0.1) is 0 Å². The molecule has 11 heavy (non-hydrogen) atoms. The summed E-state index contributed by atoms with van der Waals surface area (Å²) in [5.41, 5.74) is 11.4. The maximum Gasteiger partial charge on any atom is 0.219 e. The molecule has 1 aromatic heterocycles. The molecule has 58 valence electrons. The van der Waals surface area contributed by atoms with E-state index < -0.39 is 0 Å². The van der Waals surface area contributed by atoms with Gasteiger partial charge in [-0.25, -0.2) is 9.97 Å². The van der Waals surface area contributed by atoms with Crippen LogP contribution >= 0.6 is 0 Å². The summed E-state index contributed by atoms with van der Waals surface area (Å²) < 4.78 is 0. The molecule has 0 unspecified atom stereocenters. The van der Waals surface area contributed by atoms with Gasteiger partial charge in [0.2, 0.25) is 5.95 Å². The highest BCUT2D eigenvalue weighted by atomic mass is 15.0. The van der Waals surface area contributed by atoms with Crippen molar-refractivity contribution in [2.45, 2.75) is 0 Å². The smallest absolute Gasteiger partial charge is 0.219 e. The van der Waals surface area contributed by atoms with E-state index in [9.17, 15) is 0 Å². The summed E-state index contributed by atoms with van der Waals surface area (Å²) in [6, 6.07) is 0. The second-order valence-electron chi connectivity index (χ2n) is 2.01. The Morgan fingerprint density at radius 1 is 1.36 bits per heavy atom. The molecular formula is C7H10N4. The number of nitrogen functional groups attached to an aromatic ring is 1. The Kier molecular flexibility index (Phi) is 2.57. The van der Waals surface area contributed by atoms with Crippen molar-refractivity contribution in [1.29, 1.82) is 0 Å². The van der Waals surface area contributed by atoms with Crippen molar-refractivity contribution in [3.8, 4) is 0 Å². The van der Waals surface area contributed by atoms with Gasteiger partial charge in [0.1, 0.15) is 0 Å². The number of aromatic nitrogens is 2. The van der Waals surface area contributed by atoms with Gasteiger partial charge in [0.15, 0.2) is 0 Å². The van der Waals surface area contributed by atoms with Crippen molar-refractivity contribution in [3.63, 3.8) is 0 Å². The summed E-state index contributed by atoms with van der Waals surface area (Å²) in [5, 5.41) is 0. The van der Waals surface area contributed by atoms with Gasteiger partial charge in [-0.05, 0) is 0 Å². The third-order valence-corrected chi connectivity index (χ3v) is 1.14. The number of hydrogen-bond donors (Lipinski definition) is 2. The molecule has 0 aliphatic rings. The molecule has 0 amide bonds. The van der Waals surface area contributed by atoms with Gasteiger partial charge in [-0.15, -0.1) is 0 Å². The Hall–Kier alpha value is -1.42. The van der Waals surface area contributed by atoms with E-state index in [2.05, 4.69) is 9.97 Å². The first kappa shape index (κ1) is 7.68. The Balaban J connectivity index is 2.73. The van der Waals surface area contributed by atoms with E-state index in [1.165, 1.54) is 0 Å². The predicted molar refractivity (Wildman–Crippen MR) is 44.5 cm³/mol. The molecule has 0 saturated carbocycles. The Bertz CT molecular complexity index is 239. The number of nitrogens with two attached hydrogens (primary N) is 2. The van der Waals surface area contributed by atoms with E-state index in [-0.39, 0.29) is 5.95 Å². The minimum atomic E-state index is 0.287. The molecule has 0 bridgehead atoms. The third-order valence-electron chi connectivity index (χ3n) is 1.14. The maximum absolute atomic E-state index is 5.28. The van der Waals surface area contributed by atoms with Gasteiger partial charge in [-0.1, -0.05) is 12.2 Å². The SMILES string of the molecule is NCC=Cc1cnc(N)nc1. The summed E-state index contributed by atoms with van der Waals surface area (Å²) in [5.74, 6) is 0.287. The summed E-state index contributed by atoms with van der Waals surface area (Å²) in [7, 11) is 0. The average Bonchev–Trinajstić information content (AvgIpc) is 2.04. The molecule has 0 atom stereocenters. The third kappa shape index (κ3) is 2.35. The molecule has 0 radical (unpaired) electrons. The zero-order valence-electron chi connectivity index (χ0n) is 6.07. The lowest BCUT2D eigenvalue weighted by Crippen LogP contribution is -1.94. The average molecular weight is 150 g/mol. The zero-order valence-corrected chi connectivity index (χ0v) is 6.07. The normalized spacial score (nSPS) is 10.6. The molecule has 0 aliphatic carbocycles. The summed E-state index contributed by atoms with van der Waals surface area (Å²) in [4.78, 5) is 7.61. The van der Waals surface area contributed by atoms with E-state index in [1.807, 2.05) is 12.2 Å². The minimum Gasteiger partial charge on any atom is -0.368 e. The summed E-state index contributed by atoms with van der Waals surface area (Å²) >= 11 is 0. The van der Waals surface area contributed by atoms with Crippen LogP contribution < -0.4 is 11.5 Å². The van der Waals surface area contributed by atoms with Crippen LogP contribution in [0.1, 0.15) is 5.56 Å². The van der Waals surface area contributed by atoms with Gasteiger partial charge >= 0.3 is 0 Å². The molecule has 1 rings (SSSR count). The molecule has 4 nitrogen and oxygen atoms in total. The molecular weight excluding hydrogens is 140 g/mol. The molecule has 1 aromatic rings. The molecule has 0 fully saturated rings. The van der Waals surface area contributed by atoms with Gasteiger partial charge in [0, 0.05) is 24.5 Å². The van der Waals surface area contributed by atoms with Gasteiger partial charge in [-0.3, -0.25) is 0 Å². The standard InChI is InChI=1S/C7H10N4/c8-3-1-2-6-4-10-7(9)11-5-6/h1-2,4-5H,3,8H2,(H2,9,10,11). The maximum atomic E-state index is 5.28. The number of hydrogen-bond acceptors (Lipinski definition) is 4. The van der Waals surface area contributed by atoms with Crippen molar-refractivity contribution in [2.24, 2.45) is 5.73 Å². The van der Waals surface area contributed by atoms with Crippen LogP contribution in [-0.2, 0) is 0 Å². The zero-order chi connectivity index (χ0) is 8.10. The number of nitrogens with zero attached hydrogens (tertiary/aromatic N) is 2. The largest absolute Gasteiger partial charge is 0.368 e. The van der Waals surface area contributed by atoms with E-state index in [4.69, 9.17) is 11.5 Å². The topological polar surface area (TPSA) is 77.8 Å². The Morgan fingerprint density at radius 3 is 2.55 bits per heavy atom. The van der Waals surface area contributed by atoms with E-state index in [1.54, 1.807) is 12.4 Å². The van der Waals surface area contributed by atoms with Crippen LogP contribution in [0.3, 0.4) is 0 Å². The first-order valence-corrected chi connectivity index (χ1v) is 3.27. The van der Waals surface area contributed by atoms with E-state index >= 15 is 0 Å². The molecule has 1 heterocycles. The number of anilines is 1. The number of rotatable bonds is 2. The predicted octanol–water partition coefficient (Wildman–Crippen LogP) is 0.0307. The fourth-order valence-electron chi connectivity index (χ4n) is 0.638. The van der Waals surface area contributed by atoms with Crippen LogP contribution in [0.2, 0.25) is 0 Å².